The molecule has 0 unspecified atom stereocenters. The monoisotopic (exact) mass is 194 g/mol. The summed E-state index contributed by atoms with van der Waals surface area (Å²) in [7, 11) is 0. The summed E-state index contributed by atoms with van der Waals surface area (Å²) in [6.07, 6.45) is 12.2. The maximum Gasteiger partial charge on any atom is 0.0965 e. The average molecular weight is 194 g/mol. The fourth-order valence-corrected chi connectivity index (χ4v) is 2.47. The molecule has 2 nitrogen and oxygen atoms in total. The molecule has 0 aromatic carbocycles. The molecule has 14 heavy (non-hydrogen) atoms. The first-order valence-electron chi connectivity index (χ1n) is 6.25. The van der Waals surface area contributed by atoms with Crippen LogP contribution in [0.15, 0.2) is 4.99 Å². The highest BCUT2D eigenvalue weighted by atomic mass is 15.0. The van der Waals surface area contributed by atoms with Gasteiger partial charge in [0, 0.05) is 19.0 Å². The standard InChI is InChI=1S/C12H22N2/c1-2-4-8-11(7-3-1)14-12-9-5-6-10-13-12/h11H,1-10H2,(H,13,14). The van der Waals surface area contributed by atoms with E-state index in [1.54, 1.807) is 0 Å². The van der Waals surface area contributed by atoms with Gasteiger partial charge >= 0.3 is 0 Å². The van der Waals surface area contributed by atoms with Crippen LogP contribution in [0, 0.1) is 0 Å². The van der Waals surface area contributed by atoms with Gasteiger partial charge in [-0.1, -0.05) is 25.7 Å². The summed E-state index contributed by atoms with van der Waals surface area (Å²) >= 11 is 0. The molecule has 2 rings (SSSR count). The largest absolute Gasteiger partial charge is 0.371 e. The number of nitrogens with one attached hydrogen (secondary N) is 1. The molecule has 2 aliphatic rings. The van der Waals surface area contributed by atoms with Crippen LogP contribution < -0.4 is 5.32 Å². The molecule has 0 saturated heterocycles. The summed E-state index contributed by atoms with van der Waals surface area (Å²) in [5.41, 5.74) is 0. The minimum Gasteiger partial charge on any atom is -0.371 e. The molecular weight excluding hydrogens is 172 g/mol. The Hall–Kier alpha value is -0.530. The predicted octanol–water partition coefficient (Wildman–Crippen LogP) is 2.88. The molecule has 0 atom stereocenters. The first-order chi connectivity index (χ1) is 6.95. The van der Waals surface area contributed by atoms with E-state index in [1.807, 2.05) is 0 Å². The van der Waals surface area contributed by atoms with E-state index < -0.39 is 0 Å². The van der Waals surface area contributed by atoms with E-state index in [1.165, 1.54) is 63.6 Å². The van der Waals surface area contributed by atoms with Gasteiger partial charge in [0.05, 0.1) is 5.84 Å². The van der Waals surface area contributed by atoms with Crippen molar-refractivity contribution < 1.29 is 0 Å². The smallest absolute Gasteiger partial charge is 0.0965 e. The Morgan fingerprint density at radius 1 is 0.929 bits per heavy atom. The minimum absolute atomic E-state index is 0.731. The number of amidine groups is 1. The van der Waals surface area contributed by atoms with Gasteiger partial charge in [-0.3, -0.25) is 4.99 Å². The second-order valence-electron chi connectivity index (χ2n) is 4.62. The van der Waals surface area contributed by atoms with Crippen molar-refractivity contribution in [3.8, 4) is 0 Å². The first-order valence-corrected chi connectivity index (χ1v) is 6.25. The molecule has 80 valence electrons. The Morgan fingerprint density at radius 3 is 2.36 bits per heavy atom. The Balaban J connectivity index is 1.79. The van der Waals surface area contributed by atoms with Crippen LogP contribution in [0.5, 0.6) is 0 Å². The molecule has 1 heterocycles. The van der Waals surface area contributed by atoms with Crippen molar-refractivity contribution in [3.05, 3.63) is 0 Å². The van der Waals surface area contributed by atoms with Crippen molar-refractivity contribution in [2.24, 2.45) is 4.99 Å². The number of hydrogen-bond donors (Lipinski definition) is 1. The topological polar surface area (TPSA) is 24.4 Å². The average Bonchev–Trinajstić information content (AvgIpc) is 2.48. The molecule has 0 aromatic heterocycles. The summed E-state index contributed by atoms with van der Waals surface area (Å²) < 4.78 is 0. The molecule has 1 saturated carbocycles. The molecule has 1 fully saturated rings. The van der Waals surface area contributed by atoms with Crippen LogP contribution in [0.25, 0.3) is 0 Å². The second-order valence-corrected chi connectivity index (χ2v) is 4.62. The van der Waals surface area contributed by atoms with Crippen LogP contribution in [0.3, 0.4) is 0 Å². The van der Waals surface area contributed by atoms with Crippen molar-refractivity contribution in [1.29, 1.82) is 0 Å². The van der Waals surface area contributed by atoms with Crippen LogP contribution in [-0.2, 0) is 0 Å². The number of hydrogen-bond acceptors (Lipinski definition) is 2. The van der Waals surface area contributed by atoms with Crippen LogP contribution in [-0.4, -0.2) is 18.4 Å². The van der Waals surface area contributed by atoms with Crippen molar-refractivity contribution in [1.82, 2.24) is 5.32 Å². The van der Waals surface area contributed by atoms with Gasteiger partial charge in [-0.2, -0.15) is 0 Å². The zero-order chi connectivity index (χ0) is 9.64. The summed E-state index contributed by atoms with van der Waals surface area (Å²) in [5.74, 6) is 1.29. The quantitative estimate of drug-likeness (QED) is 0.638. The maximum atomic E-state index is 4.56. The Kier molecular flexibility index (Phi) is 3.84. The summed E-state index contributed by atoms with van der Waals surface area (Å²) in [6.45, 7) is 1.05. The molecule has 0 aromatic rings. The highest BCUT2D eigenvalue weighted by Crippen LogP contribution is 2.18. The molecule has 2 heteroatoms. The van der Waals surface area contributed by atoms with Gasteiger partial charge in [0.2, 0.25) is 0 Å². The minimum atomic E-state index is 0.731. The molecule has 1 aliphatic heterocycles. The third-order valence-electron chi connectivity index (χ3n) is 3.35. The zero-order valence-electron chi connectivity index (χ0n) is 9.10. The van der Waals surface area contributed by atoms with Crippen LogP contribution >= 0.6 is 0 Å². The molecule has 0 spiro atoms. The molecule has 1 N–H and O–H groups in total. The molecule has 0 bridgehead atoms. The first kappa shape index (κ1) is 10.0. The van der Waals surface area contributed by atoms with Gasteiger partial charge in [-0.25, -0.2) is 0 Å². The molecule has 0 amide bonds. The van der Waals surface area contributed by atoms with Crippen LogP contribution in [0.1, 0.15) is 57.8 Å². The van der Waals surface area contributed by atoms with Crippen molar-refractivity contribution in [2.45, 2.75) is 63.8 Å². The van der Waals surface area contributed by atoms with Gasteiger partial charge in [-0.15, -0.1) is 0 Å². The van der Waals surface area contributed by atoms with Crippen molar-refractivity contribution in [2.75, 3.05) is 6.54 Å². The second kappa shape index (κ2) is 5.38. The summed E-state index contributed by atoms with van der Waals surface area (Å²) in [5, 5.41) is 3.65. The Morgan fingerprint density at radius 2 is 1.71 bits per heavy atom. The van der Waals surface area contributed by atoms with Gasteiger partial charge in [0.1, 0.15) is 0 Å². The molecule has 1 aliphatic carbocycles. The van der Waals surface area contributed by atoms with Gasteiger partial charge in [0.25, 0.3) is 0 Å². The normalized spacial score (nSPS) is 25.3. The summed E-state index contributed by atoms with van der Waals surface area (Å²) in [6, 6.07) is 0.731. The van der Waals surface area contributed by atoms with E-state index >= 15 is 0 Å². The highest BCUT2D eigenvalue weighted by Gasteiger charge is 2.14. The lowest BCUT2D eigenvalue weighted by Gasteiger charge is -2.21. The number of aliphatic imine (C=N–C) groups is 1. The maximum absolute atomic E-state index is 4.56. The van der Waals surface area contributed by atoms with E-state index in [2.05, 4.69) is 10.3 Å². The Labute approximate surface area is 87.2 Å². The van der Waals surface area contributed by atoms with Crippen LogP contribution in [0.4, 0.5) is 0 Å². The van der Waals surface area contributed by atoms with E-state index in [0.717, 1.165) is 12.6 Å². The lowest BCUT2D eigenvalue weighted by molar-refractivity contribution is 0.522. The van der Waals surface area contributed by atoms with Crippen LogP contribution in [0.2, 0.25) is 0 Å². The predicted molar refractivity (Wildman–Crippen MR) is 60.8 cm³/mol. The third-order valence-corrected chi connectivity index (χ3v) is 3.35. The van der Waals surface area contributed by atoms with Gasteiger partial charge < -0.3 is 5.32 Å². The van der Waals surface area contributed by atoms with E-state index in [-0.39, 0.29) is 0 Å². The lowest BCUT2D eigenvalue weighted by atomic mass is 10.1. The fourth-order valence-electron chi connectivity index (χ4n) is 2.47. The zero-order valence-corrected chi connectivity index (χ0v) is 9.10. The van der Waals surface area contributed by atoms with E-state index in [4.69, 9.17) is 0 Å². The fraction of sp³-hybridized carbons (Fsp3) is 0.917. The molecular formula is C12H22N2. The number of rotatable bonds is 1. The van der Waals surface area contributed by atoms with E-state index in [9.17, 15) is 0 Å². The van der Waals surface area contributed by atoms with Crippen molar-refractivity contribution >= 4 is 5.84 Å². The number of nitrogens with zero attached hydrogens (tertiary/aromatic N) is 1. The van der Waals surface area contributed by atoms with E-state index in [0.29, 0.717) is 0 Å². The highest BCUT2D eigenvalue weighted by molar-refractivity contribution is 5.82. The Bertz CT molecular complexity index is 190. The van der Waals surface area contributed by atoms with Crippen molar-refractivity contribution in [3.63, 3.8) is 0 Å². The van der Waals surface area contributed by atoms with Gasteiger partial charge in [0.15, 0.2) is 0 Å². The van der Waals surface area contributed by atoms with Gasteiger partial charge in [-0.05, 0) is 25.7 Å². The SMILES string of the molecule is C1CCCC(NC2=NCCCC2)CC1. The third kappa shape index (κ3) is 3.00. The lowest BCUT2D eigenvalue weighted by Crippen LogP contribution is -2.35. The summed E-state index contributed by atoms with van der Waals surface area (Å²) in [4.78, 5) is 4.56. The molecule has 0 radical (unpaired) electrons.